The van der Waals surface area contributed by atoms with Gasteiger partial charge in [0.2, 0.25) is 0 Å². The molecular weight excluding hydrogens is 359 g/mol. The molecule has 2 aromatic rings. The number of halogens is 2. The molecule has 0 bridgehead atoms. The predicted molar refractivity (Wildman–Crippen MR) is 93.4 cm³/mol. The molecule has 1 saturated heterocycles. The van der Waals surface area contributed by atoms with Gasteiger partial charge in [0.25, 0.3) is 5.91 Å². The number of benzene rings is 2. The molecule has 0 atom stereocenters. The van der Waals surface area contributed by atoms with Crippen LogP contribution in [0.25, 0.3) is 0 Å². The highest BCUT2D eigenvalue weighted by Crippen LogP contribution is 2.25. The molecule has 0 saturated carbocycles. The molecule has 1 fully saturated rings. The zero-order valence-corrected chi connectivity index (χ0v) is 14.5. The summed E-state index contributed by atoms with van der Waals surface area (Å²) in [5, 5.41) is 0. The second-order valence-corrected chi connectivity index (χ2v) is 6.61. The highest BCUT2D eigenvalue weighted by molar-refractivity contribution is 9.10. The van der Waals surface area contributed by atoms with Gasteiger partial charge in [-0.2, -0.15) is 0 Å². The maximum absolute atomic E-state index is 13.8. The molecule has 1 aliphatic heterocycles. The molecule has 23 heavy (non-hydrogen) atoms. The number of hydrogen-bond donors (Lipinski definition) is 0. The quantitative estimate of drug-likeness (QED) is 0.794. The molecule has 5 heteroatoms. The molecular formula is C18H18BrFN2O. The average molecular weight is 377 g/mol. The maximum Gasteiger partial charge on any atom is 0.256 e. The summed E-state index contributed by atoms with van der Waals surface area (Å²) in [6.45, 7) is 4.79. The number of carbonyl (C=O) groups excluding carboxylic acids is 1. The fourth-order valence-electron chi connectivity index (χ4n) is 2.93. The van der Waals surface area contributed by atoms with Crippen molar-refractivity contribution in [2.45, 2.75) is 6.92 Å². The van der Waals surface area contributed by atoms with E-state index in [0.29, 0.717) is 13.1 Å². The van der Waals surface area contributed by atoms with Gasteiger partial charge in [-0.3, -0.25) is 4.79 Å². The van der Waals surface area contributed by atoms with Crippen LogP contribution in [0.4, 0.5) is 10.1 Å². The van der Waals surface area contributed by atoms with Crippen molar-refractivity contribution in [3.63, 3.8) is 0 Å². The zero-order chi connectivity index (χ0) is 16.4. The van der Waals surface area contributed by atoms with Crippen LogP contribution in [0.15, 0.2) is 46.9 Å². The molecule has 3 nitrogen and oxygen atoms in total. The topological polar surface area (TPSA) is 23.6 Å². The number of rotatable bonds is 2. The Morgan fingerprint density at radius 1 is 1.09 bits per heavy atom. The van der Waals surface area contributed by atoms with E-state index < -0.39 is 5.82 Å². The number of amides is 1. The monoisotopic (exact) mass is 376 g/mol. The van der Waals surface area contributed by atoms with Crippen LogP contribution < -0.4 is 4.90 Å². The zero-order valence-electron chi connectivity index (χ0n) is 12.9. The smallest absolute Gasteiger partial charge is 0.256 e. The predicted octanol–water partition coefficient (Wildman–Crippen LogP) is 3.86. The minimum atomic E-state index is -0.455. The third kappa shape index (κ3) is 3.39. The number of anilines is 1. The molecule has 2 aromatic carbocycles. The number of aryl methyl sites for hydroxylation is 1. The number of carbonyl (C=O) groups is 1. The highest BCUT2D eigenvalue weighted by atomic mass is 79.9. The second-order valence-electron chi connectivity index (χ2n) is 5.69. The van der Waals surface area contributed by atoms with E-state index in [9.17, 15) is 9.18 Å². The van der Waals surface area contributed by atoms with Crippen LogP contribution in [0.2, 0.25) is 0 Å². The Morgan fingerprint density at radius 3 is 2.43 bits per heavy atom. The lowest BCUT2D eigenvalue weighted by atomic mass is 10.1. The Hall–Kier alpha value is -1.88. The fourth-order valence-corrected chi connectivity index (χ4v) is 3.40. The van der Waals surface area contributed by atoms with Crippen molar-refractivity contribution in [3.05, 3.63) is 63.9 Å². The Labute approximate surface area is 143 Å². The van der Waals surface area contributed by atoms with Gasteiger partial charge < -0.3 is 9.80 Å². The van der Waals surface area contributed by atoms with Gasteiger partial charge >= 0.3 is 0 Å². The number of nitrogens with zero attached hydrogens (tertiary/aromatic N) is 2. The van der Waals surface area contributed by atoms with E-state index in [1.54, 1.807) is 23.1 Å². The van der Waals surface area contributed by atoms with Gasteiger partial charge in [-0.05, 0) is 42.8 Å². The van der Waals surface area contributed by atoms with E-state index in [4.69, 9.17) is 0 Å². The summed E-state index contributed by atoms with van der Waals surface area (Å²) in [4.78, 5) is 16.4. The first-order valence-corrected chi connectivity index (χ1v) is 8.40. The molecule has 0 unspecified atom stereocenters. The molecule has 0 N–H and O–H groups in total. The summed E-state index contributed by atoms with van der Waals surface area (Å²) in [6, 6.07) is 12.4. The van der Waals surface area contributed by atoms with Crippen LogP contribution in [-0.4, -0.2) is 37.0 Å². The lowest BCUT2D eigenvalue weighted by molar-refractivity contribution is 0.0742. The number of piperazine rings is 1. The van der Waals surface area contributed by atoms with Crippen LogP contribution in [0.1, 0.15) is 15.9 Å². The van der Waals surface area contributed by atoms with Crippen LogP contribution in [-0.2, 0) is 0 Å². The lowest BCUT2D eigenvalue weighted by Gasteiger charge is -2.37. The first-order chi connectivity index (χ1) is 11.1. The first kappa shape index (κ1) is 16.0. The van der Waals surface area contributed by atoms with Gasteiger partial charge in [0.15, 0.2) is 0 Å². The Balaban J connectivity index is 1.69. The van der Waals surface area contributed by atoms with Crippen LogP contribution in [0, 0.1) is 12.7 Å². The van der Waals surface area contributed by atoms with Crippen molar-refractivity contribution >= 4 is 27.5 Å². The molecule has 0 spiro atoms. The van der Waals surface area contributed by atoms with Crippen molar-refractivity contribution < 1.29 is 9.18 Å². The van der Waals surface area contributed by atoms with Gasteiger partial charge in [0.05, 0.1) is 5.56 Å². The largest absolute Gasteiger partial charge is 0.368 e. The first-order valence-electron chi connectivity index (χ1n) is 7.61. The van der Waals surface area contributed by atoms with E-state index in [-0.39, 0.29) is 11.5 Å². The third-order valence-corrected chi connectivity index (χ3v) is 4.66. The normalized spacial score (nSPS) is 14.9. The number of hydrogen-bond acceptors (Lipinski definition) is 2. The molecule has 1 amide bonds. The standard InChI is InChI=1S/C18H18BrFN2O/c1-13-12-14(19)6-7-17(13)21-8-10-22(11-9-21)18(23)15-4-2-3-5-16(15)20/h2-7,12H,8-11H2,1H3. The van der Waals surface area contributed by atoms with Crippen molar-refractivity contribution in [2.24, 2.45) is 0 Å². The van der Waals surface area contributed by atoms with Crippen molar-refractivity contribution in [2.75, 3.05) is 31.1 Å². The van der Waals surface area contributed by atoms with E-state index in [0.717, 1.165) is 17.6 Å². The summed E-state index contributed by atoms with van der Waals surface area (Å²) < 4.78 is 14.8. The molecule has 0 aliphatic carbocycles. The highest BCUT2D eigenvalue weighted by Gasteiger charge is 2.24. The third-order valence-electron chi connectivity index (χ3n) is 4.17. The van der Waals surface area contributed by atoms with E-state index in [1.165, 1.54) is 17.3 Å². The Bertz CT molecular complexity index is 727. The molecule has 1 heterocycles. The molecule has 3 rings (SSSR count). The summed E-state index contributed by atoms with van der Waals surface area (Å²) in [6.07, 6.45) is 0. The van der Waals surface area contributed by atoms with Crippen LogP contribution >= 0.6 is 15.9 Å². The van der Waals surface area contributed by atoms with E-state index >= 15 is 0 Å². The minimum absolute atomic E-state index is 0.153. The van der Waals surface area contributed by atoms with E-state index in [2.05, 4.69) is 39.9 Å². The summed E-state index contributed by atoms with van der Waals surface area (Å²) in [5.74, 6) is -0.682. The van der Waals surface area contributed by atoms with Crippen molar-refractivity contribution in [1.29, 1.82) is 0 Å². The molecule has 120 valence electrons. The molecule has 1 aliphatic rings. The van der Waals surface area contributed by atoms with Gasteiger partial charge in [0.1, 0.15) is 5.82 Å². The summed E-state index contributed by atoms with van der Waals surface area (Å²) >= 11 is 3.47. The van der Waals surface area contributed by atoms with E-state index in [1.807, 2.05) is 6.07 Å². The Kier molecular flexibility index (Phi) is 4.66. The summed E-state index contributed by atoms with van der Waals surface area (Å²) in [5.41, 5.74) is 2.54. The van der Waals surface area contributed by atoms with Crippen LogP contribution in [0.3, 0.4) is 0 Å². The van der Waals surface area contributed by atoms with Gasteiger partial charge in [-0.25, -0.2) is 4.39 Å². The van der Waals surface area contributed by atoms with Crippen molar-refractivity contribution in [3.8, 4) is 0 Å². The maximum atomic E-state index is 13.8. The van der Waals surface area contributed by atoms with Gasteiger partial charge in [-0.1, -0.05) is 28.1 Å². The molecule has 0 radical (unpaired) electrons. The molecule has 0 aromatic heterocycles. The summed E-state index contributed by atoms with van der Waals surface area (Å²) in [7, 11) is 0. The van der Waals surface area contributed by atoms with Gasteiger partial charge in [-0.15, -0.1) is 0 Å². The fraction of sp³-hybridized carbons (Fsp3) is 0.278. The SMILES string of the molecule is Cc1cc(Br)ccc1N1CCN(C(=O)c2ccccc2F)CC1. The second kappa shape index (κ2) is 6.71. The van der Waals surface area contributed by atoms with Crippen LogP contribution in [0.5, 0.6) is 0 Å². The Morgan fingerprint density at radius 2 is 1.78 bits per heavy atom. The van der Waals surface area contributed by atoms with Crippen molar-refractivity contribution in [1.82, 2.24) is 4.90 Å². The lowest BCUT2D eigenvalue weighted by Crippen LogP contribution is -2.49. The average Bonchev–Trinajstić information content (AvgIpc) is 2.55. The van der Waals surface area contributed by atoms with Gasteiger partial charge in [0, 0.05) is 36.3 Å². The minimum Gasteiger partial charge on any atom is -0.368 e.